The highest BCUT2D eigenvalue weighted by Crippen LogP contribution is 2.23. The van der Waals surface area contributed by atoms with E-state index in [2.05, 4.69) is 14.6 Å². The van der Waals surface area contributed by atoms with Crippen LogP contribution in [0.1, 0.15) is 0 Å². The number of hydrogen-bond donors (Lipinski definition) is 0. The van der Waals surface area contributed by atoms with E-state index in [0.717, 1.165) is 0 Å². The Labute approximate surface area is 92.7 Å². The number of nitrogens with zero attached hydrogens (tertiary/aromatic N) is 3. The molecule has 0 radical (unpaired) electrons. The largest absolute Gasteiger partial charge is 0.536 e. The Morgan fingerprint density at radius 1 is 1.24 bits per heavy atom. The van der Waals surface area contributed by atoms with E-state index in [1.165, 1.54) is 18.2 Å². The average Bonchev–Trinajstić information content (AvgIpc) is 2.60. The second-order valence-corrected chi connectivity index (χ2v) is 4.45. The highest BCUT2D eigenvalue weighted by Gasteiger charge is 2.49. The van der Waals surface area contributed by atoms with Crippen molar-refractivity contribution >= 4 is 21.2 Å². The summed E-state index contributed by atoms with van der Waals surface area (Å²) >= 11 is 0. The van der Waals surface area contributed by atoms with Gasteiger partial charge in [-0.15, -0.1) is 5.10 Å². The lowest BCUT2D eigenvalue weighted by Gasteiger charge is -2.07. The molecule has 0 amide bonds. The molecule has 1 aromatic carbocycles. The standard InChI is InChI=1S/C7H4F3N3O3S/c8-7(9,10)17(14,15)16-13-6-4-2-1-3-5(6)11-12-13/h1-4H. The second-order valence-electron chi connectivity index (χ2n) is 2.93. The van der Waals surface area contributed by atoms with E-state index in [0.29, 0.717) is 0 Å². The van der Waals surface area contributed by atoms with E-state index in [-0.39, 0.29) is 15.9 Å². The molecule has 0 saturated heterocycles. The van der Waals surface area contributed by atoms with Crippen molar-refractivity contribution in [2.24, 2.45) is 0 Å². The van der Waals surface area contributed by atoms with E-state index < -0.39 is 15.6 Å². The number of benzene rings is 1. The fraction of sp³-hybridized carbons (Fsp3) is 0.143. The smallest absolute Gasteiger partial charge is 0.261 e. The molecule has 17 heavy (non-hydrogen) atoms. The summed E-state index contributed by atoms with van der Waals surface area (Å²) < 4.78 is 61.4. The Morgan fingerprint density at radius 2 is 1.88 bits per heavy atom. The normalized spacial score (nSPS) is 12.9. The predicted molar refractivity (Wildman–Crippen MR) is 49.1 cm³/mol. The van der Waals surface area contributed by atoms with Crippen LogP contribution in [-0.2, 0) is 10.1 Å². The van der Waals surface area contributed by atoms with E-state index in [1.807, 2.05) is 0 Å². The molecule has 10 heteroatoms. The molecular formula is C7H4F3N3O3S. The highest BCUT2D eigenvalue weighted by atomic mass is 32.2. The minimum atomic E-state index is -5.75. The zero-order valence-corrected chi connectivity index (χ0v) is 8.73. The van der Waals surface area contributed by atoms with Gasteiger partial charge in [-0.2, -0.15) is 21.6 Å². The summed E-state index contributed by atoms with van der Waals surface area (Å²) in [6.07, 6.45) is 0. The molecule has 0 N–H and O–H groups in total. The fourth-order valence-electron chi connectivity index (χ4n) is 1.04. The highest BCUT2D eigenvalue weighted by molar-refractivity contribution is 7.87. The molecule has 0 aliphatic rings. The quantitative estimate of drug-likeness (QED) is 0.749. The molecule has 0 bridgehead atoms. The van der Waals surface area contributed by atoms with E-state index >= 15 is 0 Å². The SMILES string of the molecule is O=S(=O)(On1nnc2ccccc21)C(F)(F)F. The summed E-state index contributed by atoms with van der Waals surface area (Å²) in [4.78, 5) is 0.207. The molecule has 0 saturated carbocycles. The number of para-hydroxylation sites is 1. The Balaban J connectivity index is 2.44. The maximum Gasteiger partial charge on any atom is 0.536 e. The first-order chi connectivity index (χ1) is 7.81. The summed E-state index contributed by atoms with van der Waals surface area (Å²) in [5, 5.41) is 6.60. The van der Waals surface area contributed by atoms with Crippen molar-refractivity contribution in [3.05, 3.63) is 24.3 Å². The number of aromatic nitrogens is 3. The van der Waals surface area contributed by atoms with Crippen LogP contribution in [0.15, 0.2) is 24.3 Å². The van der Waals surface area contributed by atoms with Gasteiger partial charge in [0, 0.05) is 0 Å². The second kappa shape index (κ2) is 3.58. The van der Waals surface area contributed by atoms with E-state index in [4.69, 9.17) is 0 Å². The number of hydrogen-bond acceptors (Lipinski definition) is 5. The molecular weight excluding hydrogens is 263 g/mol. The van der Waals surface area contributed by atoms with Gasteiger partial charge in [-0.05, 0) is 17.3 Å². The lowest BCUT2D eigenvalue weighted by molar-refractivity contribution is -0.0554. The maximum absolute atomic E-state index is 12.1. The van der Waals surface area contributed by atoms with Gasteiger partial charge < -0.3 is 0 Å². The zero-order valence-electron chi connectivity index (χ0n) is 7.92. The summed E-state index contributed by atoms with van der Waals surface area (Å²) in [5.41, 5.74) is -5.29. The molecule has 1 heterocycles. The molecule has 92 valence electrons. The van der Waals surface area contributed by atoms with Gasteiger partial charge >= 0.3 is 15.6 Å². The Kier molecular flexibility index (Phi) is 2.45. The van der Waals surface area contributed by atoms with Crippen LogP contribution >= 0.6 is 0 Å². The first-order valence-corrected chi connectivity index (χ1v) is 5.54. The maximum atomic E-state index is 12.1. The molecule has 2 aromatic rings. The summed E-state index contributed by atoms with van der Waals surface area (Å²) in [7, 11) is -5.75. The van der Waals surface area contributed by atoms with E-state index in [9.17, 15) is 21.6 Å². The van der Waals surface area contributed by atoms with Crippen LogP contribution in [0.5, 0.6) is 0 Å². The van der Waals surface area contributed by atoms with Crippen LogP contribution in [-0.4, -0.2) is 29.1 Å². The third-order valence-electron chi connectivity index (χ3n) is 1.77. The summed E-state index contributed by atoms with van der Waals surface area (Å²) in [6, 6.07) is 5.81. The Bertz CT molecular complexity index is 649. The molecule has 1 aromatic heterocycles. The average molecular weight is 267 g/mol. The number of halogens is 3. The first kappa shape index (κ1) is 11.6. The van der Waals surface area contributed by atoms with Gasteiger partial charge in [0.15, 0.2) is 0 Å². The lowest BCUT2D eigenvalue weighted by atomic mass is 10.3. The summed E-state index contributed by atoms with van der Waals surface area (Å²) in [5.74, 6) is 0. The van der Waals surface area contributed by atoms with Crippen LogP contribution in [0.4, 0.5) is 13.2 Å². The molecule has 0 atom stereocenters. The van der Waals surface area contributed by atoms with Crippen molar-refractivity contribution in [1.82, 2.24) is 15.2 Å². The van der Waals surface area contributed by atoms with Crippen molar-refractivity contribution < 1.29 is 25.9 Å². The minimum Gasteiger partial charge on any atom is -0.261 e. The van der Waals surface area contributed by atoms with Crippen molar-refractivity contribution in [2.45, 2.75) is 5.51 Å². The van der Waals surface area contributed by atoms with Crippen molar-refractivity contribution in [3.63, 3.8) is 0 Å². The number of rotatable bonds is 2. The van der Waals surface area contributed by atoms with Crippen LogP contribution < -0.4 is 4.28 Å². The lowest BCUT2D eigenvalue weighted by Crippen LogP contribution is -2.33. The molecule has 2 rings (SSSR count). The van der Waals surface area contributed by atoms with Gasteiger partial charge in [0.05, 0.1) is 0 Å². The third kappa shape index (κ3) is 2.02. The Hall–Kier alpha value is -1.84. The van der Waals surface area contributed by atoms with Crippen LogP contribution in [0, 0.1) is 0 Å². The van der Waals surface area contributed by atoms with Gasteiger partial charge in [0.25, 0.3) is 0 Å². The molecule has 0 fully saturated rings. The van der Waals surface area contributed by atoms with Gasteiger partial charge in [-0.1, -0.05) is 17.0 Å². The third-order valence-corrected chi connectivity index (χ3v) is 2.68. The van der Waals surface area contributed by atoms with Gasteiger partial charge in [0.2, 0.25) is 0 Å². The first-order valence-electron chi connectivity index (χ1n) is 4.13. The molecule has 0 unspecified atom stereocenters. The van der Waals surface area contributed by atoms with Gasteiger partial charge in [-0.25, -0.2) is 0 Å². The predicted octanol–water partition coefficient (Wildman–Crippen LogP) is 0.709. The molecule has 0 spiro atoms. The number of fused-ring (bicyclic) bond motifs is 1. The van der Waals surface area contributed by atoms with E-state index in [1.54, 1.807) is 6.07 Å². The molecule has 6 nitrogen and oxygen atoms in total. The van der Waals surface area contributed by atoms with Crippen molar-refractivity contribution in [2.75, 3.05) is 0 Å². The fourth-order valence-corrected chi connectivity index (χ4v) is 1.42. The summed E-state index contributed by atoms with van der Waals surface area (Å²) in [6.45, 7) is 0. The van der Waals surface area contributed by atoms with Crippen molar-refractivity contribution in [3.8, 4) is 0 Å². The van der Waals surface area contributed by atoms with Gasteiger partial charge in [-0.3, -0.25) is 4.28 Å². The molecule has 0 aliphatic carbocycles. The number of alkyl halides is 3. The molecule has 0 aliphatic heterocycles. The van der Waals surface area contributed by atoms with Gasteiger partial charge in [0.1, 0.15) is 11.0 Å². The van der Waals surface area contributed by atoms with Crippen LogP contribution in [0.2, 0.25) is 0 Å². The zero-order chi connectivity index (χ0) is 12.7. The topological polar surface area (TPSA) is 74.1 Å². The van der Waals surface area contributed by atoms with Crippen LogP contribution in [0.3, 0.4) is 0 Å². The van der Waals surface area contributed by atoms with Crippen molar-refractivity contribution in [1.29, 1.82) is 0 Å². The minimum absolute atomic E-state index is 0.0142. The monoisotopic (exact) mass is 267 g/mol. The Morgan fingerprint density at radius 3 is 2.53 bits per heavy atom. The van der Waals surface area contributed by atoms with Crippen LogP contribution in [0.25, 0.3) is 11.0 Å².